The van der Waals surface area contributed by atoms with Gasteiger partial charge in [-0.05, 0) is 38.5 Å². The molecule has 1 nitrogen and oxygen atoms in total. The second kappa shape index (κ2) is 11.4. The molecule has 0 aromatic rings. The van der Waals surface area contributed by atoms with Gasteiger partial charge in [0.05, 0.1) is 0 Å². The van der Waals surface area contributed by atoms with Gasteiger partial charge in [-0.1, -0.05) is 24.3 Å². The van der Waals surface area contributed by atoms with E-state index in [1.165, 1.54) is 0 Å². The van der Waals surface area contributed by atoms with Crippen molar-refractivity contribution >= 4 is 0 Å². The first-order valence-corrected chi connectivity index (χ1v) is 6.48. The zero-order valence-corrected chi connectivity index (χ0v) is 11.0. The molecule has 0 aromatic carbocycles. The number of hydrogen-bond acceptors (Lipinski definition) is 1. The second-order valence-electron chi connectivity index (χ2n) is 4.34. The van der Waals surface area contributed by atoms with E-state index in [9.17, 15) is 0 Å². The highest BCUT2D eigenvalue weighted by Crippen LogP contribution is 2.10. The molecule has 0 saturated carbocycles. The van der Waals surface area contributed by atoms with Crippen LogP contribution in [0.15, 0.2) is 50.6 Å². The Bertz CT molecular complexity index is 206. The Morgan fingerprint density at radius 2 is 1.12 bits per heavy atom. The predicted octanol–water partition coefficient (Wildman–Crippen LogP) is 4.40. The van der Waals surface area contributed by atoms with Crippen molar-refractivity contribution in [1.29, 1.82) is 0 Å². The van der Waals surface area contributed by atoms with Gasteiger partial charge in [-0.15, -0.1) is 26.3 Å². The first-order chi connectivity index (χ1) is 8.28. The summed E-state index contributed by atoms with van der Waals surface area (Å²) < 4.78 is 0. The van der Waals surface area contributed by atoms with E-state index in [0.717, 1.165) is 38.5 Å². The van der Waals surface area contributed by atoms with Crippen molar-refractivity contribution < 1.29 is 0 Å². The minimum atomic E-state index is 0.500. The van der Waals surface area contributed by atoms with Crippen molar-refractivity contribution in [3.63, 3.8) is 0 Å². The van der Waals surface area contributed by atoms with Crippen molar-refractivity contribution in [3.05, 3.63) is 50.6 Å². The minimum absolute atomic E-state index is 0.500. The van der Waals surface area contributed by atoms with E-state index in [1.54, 1.807) is 0 Å². The Labute approximate surface area is 107 Å². The average Bonchev–Trinajstić information content (AvgIpc) is 2.33. The molecular formula is C16H27N. The van der Waals surface area contributed by atoms with Crippen molar-refractivity contribution in [2.24, 2.45) is 0 Å². The topological polar surface area (TPSA) is 12.0 Å². The van der Waals surface area contributed by atoms with Gasteiger partial charge in [-0.25, -0.2) is 0 Å². The van der Waals surface area contributed by atoms with Crippen LogP contribution in [0.4, 0.5) is 0 Å². The van der Waals surface area contributed by atoms with E-state index in [0.29, 0.717) is 12.1 Å². The summed E-state index contributed by atoms with van der Waals surface area (Å²) in [4.78, 5) is 0. The molecule has 2 unspecified atom stereocenters. The Balaban J connectivity index is 4.19. The predicted molar refractivity (Wildman–Crippen MR) is 79.2 cm³/mol. The molecule has 1 N–H and O–H groups in total. The van der Waals surface area contributed by atoms with E-state index < -0.39 is 0 Å². The van der Waals surface area contributed by atoms with Crippen LogP contribution in [0.3, 0.4) is 0 Å². The molecule has 0 radical (unpaired) electrons. The quantitative estimate of drug-likeness (QED) is 0.493. The third-order valence-corrected chi connectivity index (χ3v) is 2.81. The van der Waals surface area contributed by atoms with Crippen LogP contribution in [-0.2, 0) is 0 Å². The molecule has 0 amide bonds. The molecule has 0 spiro atoms. The van der Waals surface area contributed by atoms with Crippen LogP contribution < -0.4 is 5.32 Å². The normalized spacial score (nSPS) is 13.6. The second-order valence-corrected chi connectivity index (χ2v) is 4.34. The molecule has 96 valence electrons. The summed E-state index contributed by atoms with van der Waals surface area (Å²) in [5, 5.41) is 3.69. The van der Waals surface area contributed by atoms with Gasteiger partial charge in [0.2, 0.25) is 0 Å². The van der Waals surface area contributed by atoms with Crippen LogP contribution in [0.25, 0.3) is 0 Å². The third-order valence-electron chi connectivity index (χ3n) is 2.81. The monoisotopic (exact) mass is 233 g/mol. The first-order valence-electron chi connectivity index (χ1n) is 6.48. The van der Waals surface area contributed by atoms with Crippen LogP contribution in [0.1, 0.15) is 38.5 Å². The van der Waals surface area contributed by atoms with Crippen LogP contribution in [-0.4, -0.2) is 12.1 Å². The maximum atomic E-state index is 3.82. The highest BCUT2D eigenvalue weighted by atomic mass is 14.9. The molecule has 0 aliphatic heterocycles. The molecule has 0 aromatic heterocycles. The lowest BCUT2D eigenvalue weighted by Crippen LogP contribution is -2.37. The van der Waals surface area contributed by atoms with Crippen LogP contribution >= 0.6 is 0 Å². The number of allylic oxidation sites excluding steroid dienone is 2. The molecule has 2 atom stereocenters. The zero-order valence-electron chi connectivity index (χ0n) is 11.0. The summed E-state index contributed by atoms with van der Waals surface area (Å²) in [6.07, 6.45) is 14.3. The third kappa shape index (κ3) is 8.70. The molecule has 0 rings (SSSR count). The Hall–Kier alpha value is -1.08. The van der Waals surface area contributed by atoms with Crippen LogP contribution in [0.5, 0.6) is 0 Å². The summed E-state index contributed by atoms with van der Waals surface area (Å²) in [5.41, 5.74) is 0. The van der Waals surface area contributed by atoms with E-state index in [2.05, 4.69) is 31.6 Å². The van der Waals surface area contributed by atoms with Crippen molar-refractivity contribution in [1.82, 2.24) is 5.32 Å². The van der Waals surface area contributed by atoms with Crippen molar-refractivity contribution in [2.75, 3.05) is 0 Å². The van der Waals surface area contributed by atoms with Gasteiger partial charge >= 0.3 is 0 Å². The van der Waals surface area contributed by atoms with Gasteiger partial charge in [-0.2, -0.15) is 0 Å². The van der Waals surface area contributed by atoms with E-state index in [1.807, 2.05) is 24.3 Å². The van der Waals surface area contributed by atoms with Crippen molar-refractivity contribution in [3.8, 4) is 0 Å². The Kier molecular flexibility index (Phi) is 10.7. The highest BCUT2D eigenvalue weighted by molar-refractivity contribution is 4.87. The average molecular weight is 233 g/mol. The number of rotatable bonds is 12. The minimum Gasteiger partial charge on any atom is -0.311 e. The van der Waals surface area contributed by atoms with Gasteiger partial charge in [0, 0.05) is 12.1 Å². The van der Waals surface area contributed by atoms with Gasteiger partial charge in [-0.3, -0.25) is 0 Å². The van der Waals surface area contributed by atoms with E-state index >= 15 is 0 Å². The van der Waals surface area contributed by atoms with Crippen LogP contribution in [0.2, 0.25) is 0 Å². The van der Waals surface area contributed by atoms with Crippen molar-refractivity contribution in [2.45, 2.75) is 50.6 Å². The largest absolute Gasteiger partial charge is 0.311 e. The smallest absolute Gasteiger partial charge is 0.0107 e. The number of nitrogens with one attached hydrogen (secondary N) is 1. The SMILES string of the molecule is C=CCCC(CC=C)NC(CC=C)CCC=C. The van der Waals surface area contributed by atoms with Gasteiger partial charge in [0.25, 0.3) is 0 Å². The van der Waals surface area contributed by atoms with Gasteiger partial charge in [0.15, 0.2) is 0 Å². The lowest BCUT2D eigenvalue weighted by molar-refractivity contribution is 0.395. The molecule has 0 bridgehead atoms. The zero-order chi connectivity index (χ0) is 12.9. The van der Waals surface area contributed by atoms with Crippen LogP contribution in [0, 0.1) is 0 Å². The van der Waals surface area contributed by atoms with E-state index in [4.69, 9.17) is 0 Å². The molecule has 17 heavy (non-hydrogen) atoms. The fourth-order valence-electron chi connectivity index (χ4n) is 1.91. The Morgan fingerprint density at radius 1 is 0.706 bits per heavy atom. The highest BCUT2D eigenvalue weighted by Gasteiger charge is 2.12. The summed E-state index contributed by atoms with van der Waals surface area (Å²) in [6, 6.07) is 1.00. The fraction of sp³-hybridized carbons (Fsp3) is 0.500. The maximum absolute atomic E-state index is 3.82. The summed E-state index contributed by atoms with van der Waals surface area (Å²) in [5.74, 6) is 0. The molecule has 0 aliphatic rings. The summed E-state index contributed by atoms with van der Waals surface area (Å²) >= 11 is 0. The molecule has 0 fully saturated rings. The molecule has 1 heteroatoms. The van der Waals surface area contributed by atoms with Gasteiger partial charge < -0.3 is 5.32 Å². The summed E-state index contributed by atoms with van der Waals surface area (Å²) in [7, 11) is 0. The fourth-order valence-corrected chi connectivity index (χ4v) is 1.91. The lowest BCUT2D eigenvalue weighted by atomic mass is 10.0. The maximum Gasteiger partial charge on any atom is 0.0107 e. The molecule has 0 aliphatic carbocycles. The standard InChI is InChI=1S/C16H27N/c1-5-9-13-15(11-7-3)17-16(12-8-4)14-10-6-2/h5-8,15-17H,1-4,9-14H2. The van der Waals surface area contributed by atoms with E-state index in [-0.39, 0.29) is 0 Å². The first kappa shape index (κ1) is 15.9. The summed E-state index contributed by atoms with van der Waals surface area (Å²) in [6.45, 7) is 15.2. The lowest BCUT2D eigenvalue weighted by Gasteiger charge is -2.24. The molecule has 0 heterocycles. The molecular weight excluding hydrogens is 206 g/mol. The number of hydrogen-bond donors (Lipinski definition) is 1. The Morgan fingerprint density at radius 3 is 1.41 bits per heavy atom. The molecule has 0 saturated heterocycles. The van der Waals surface area contributed by atoms with Gasteiger partial charge in [0.1, 0.15) is 0 Å².